The van der Waals surface area contributed by atoms with E-state index >= 15 is 0 Å². The summed E-state index contributed by atoms with van der Waals surface area (Å²) in [5, 5.41) is 9.18. The molecule has 23 heavy (non-hydrogen) atoms. The molecule has 126 valence electrons. The van der Waals surface area contributed by atoms with Crippen molar-refractivity contribution in [3.05, 3.63) is 14.5 Å². The van der Waals surface area contributed by atoms with Gasteiger partial charge < -0.3 is 4.90 Å². The van der Waals surface area contributed by atoms with Crippen molar-refractivity contribution in [1.29, 1.82) is 5.26 Å². The number of rotatable bonds is 4. The van der Waals surface area contributed by atoms with Crippen LogP contribution in [0.1, 0.15) is 31.4 Å². The van der Waals surface area contributed by atoms with Crippen molar-refractivity contribution in [3.8, 4) is 6.07 Å². The highest BCUT2D eigenvalue weighted by Crippen LogP contribution is 2.29. The monoisotopic (exact) mass is 458 g/mol. The first kappa shape index (κ1) is 18.5. The van der Waals surface area contributed by atoms with Crippen LogP contribution >= 0.6 is 34.2 Å². The molecule has 0 saturated carbocycles. The second kappa shape index (κ2) is 7.83. The number of aromatic nitrogens is 2. The fraction of sp³-hybridized carbons (Fsp3) is 0.643. The molecular formula is C14H15ClF3IN4. The lowest BCUT2D eigenvalue weighted by Gasteiger charge is -2.30. The number of hydrogen-bond donors (Lipinski definition) is 0. The summed E-state index contributed by atoms with van der Waals surface area (Å²) in [7, 11) is 0. The number of nitriles is 1. The van der Waals surface area contributed by atoms with E-state index < -0.39 is 12.6 Å². The van der Waals surface area contributed by atoms with Crippen LogP contribution in [0.4, 0.5) is 19.0 Å². The Morgan fingerprint density at radius 3 is 2.52 bits per heavy atom. The van der Waals surface area contributed by atoms with E-state index in [1.165, 1.54) is 0 Å². The molecule has 0 spiro atoms. The Kier molecular flexibility index (Phi) is 6.31. The summed E-state index contributed by atoms with van der Waals surface area (Å²) >= 11 is 8.09. The van der Waals surface area contributed by atoms with E-state index in [0.717, 1.165) is 12.8 Å². The summed E-state index contributed by atoms with van der Waals surface area (Å²) in [4.78, 5) is 10.6. The Hall–Kier alpha value is -0.820. The molecule has 1 aromatic rings. The van der Waals surface area contributed by atoms with Crippen LogP contribution < -0.4 is 4.90 Å². The Morgan fingerprint density at radius 1 is 1.30 bits per heavy atom. The molecule has 0 amide bonds. The number of nitrogens with zero attached hydrogens (tertiary/aromatic N) is 4. The van der Waals surface area contributed by atoms with Gasteiger partial charge in [-0.15, -0.1) is 0 Å². The van der Waals surface area contributed by atoms with Gasteiger partial charge in [0.1, 0.15) is 3.70 Å². The maximum absolute atomic E-state index is 12.3. The molecular weight excluding hydrogens is 444 g/mol. The number of alkyl halides is 3. The molecule has 0 aliphatic carbocycles. The smallest absolute Gasteiger partial charge is 0.354 e. The zero-order valence-corrected chi connectivity index (χ0v) is 15.1. The van der Waals surface area contributed by atoms with E-state index in [-0.39, 0.29) is 23.9 Å². The second-order valence-electron chi connectivity index (χ2n) is 5.43. The van der Waals surface area contributed by atoms with Gasteiger partial charge in [-0.1, -0.05) is 11.6 Å². The predicted molar refractivity (Wildman–Crippen MR) is 89.3 cm³/mol. The van der Waals surface area contributed by atoms with Crippen LogP contribution in [-0.2, 0) is 6.42 Å². The number of halogens is 5. The normalized spacial score (nSPS) is 16.4. The molecule has 0 N–H and O–H groups in total. The van der Waals surface area contributed by atoms with E-state index in [9.17, 15) is 13.2 Å². The van der Waals surface area contributed by atoms with Crippen molar-refractivity contribution >= 4 is 40.0 Å². The molecule has 1 fully saturated rings. The second-order valence-corrected chi connectivity index (χ2v) is 6.81. The van der Waals surface area contributed by atoms with Crippen molar-refractivity contribution in [2.75, 3.05) is 18.0 Å². The van der Waals surface area contributed by atoms with Crippen LogP contribution in [0.25, 0.3) is 0 Å². The molecule has 1 aliphatic heterocycles. The molecule has 9 heteroatoms. The number of anilines is 1. The largest absolute Gasteiger partial charge is 0.389 e. The highest BCUT2D eigenvalue weighted by atomic mass is 127. The van der Waals surface area contributed by atoms with Gasteiger partial charge in [0.05, 0.1) is 11.8 Å². The fourth-order valence-electron chi connectivity index (χ4n) is 2.46. The van der Waals surface area contributed by atoms with Gasteiger partial charge in [-0.25, -0.2) is 9.97 Å². The average molecular weight is 459 g/mol. The van der Waals surface area contributed by atoms with Crippen LogP contribution in [0.5, 0.6) is 0 Å². The number of aryl methyl sites for hydroxylation is 1. The summed E-state index contributed by atoms with van der Waals surface area (Å²) in [5.74, 6) is 0.540. The molecule has 1 saturated heterocycles. The van der Waals surface area contributed by atoms with Crippen LogP contribution in [-0.4, -0.2) is 29.2 Å². The third kappa shape index (κ3) is 5.35. The molecule has 2 rings (SSSR count). The molecule has 0 unspecified atom stereocenters. The van der Waals surface area contributed by atoms with Gasteiger partial charge in [-0.05, 0) is 48.3 Å². The molecule has 4 nitrogen and oxygen atoms in total. The molecule has 0 atom stereocenters. The highest BCUT2D eigenvalue weighted by molar-refractivity contribution is 14.1. The van der Waals surface area contributed by atoms with Gasteiger partial charge in [0.15, 0.2) is 11.0 Å². The molecule has 2 heterocycles. The molecule has 1 aliphatic rings. The van der Waals surface area contributed by atoms with Crippen LogP contribution in [0.15, 0.2) is 0 Å². The molecule has 0 radical (unpaired) electrons. The minimum Gasteiger partial charge on any atom is -0.354 e. The summed E-state index contributed by atoms with van der Waals surface area (Å²) in [6, 6.07) is 2.25. The Labute approximate surface area is 151 Å². The van der Waals surface area contributed by atoms with Gasteiger partial charge in [0, 0.05) is 25.4 Å². The molecule has 0 bridgehead atoms. The zero-order chi connectivity index (χ0) is 17.0. The van der Waals surface area contributed by atoms with E-state index in [1.54, 1.807) is 0 Å². The lowest BCUT2D eigenvalue weighted by atomic mass is 9.99. The predicted octanol–water partition coefficient (Wildman–Crippen LogP) is 4.36. The van der Waals surface area contributed by atoms with Gasteiger partial charge in [-0.3, -0.25) is 0 Å². The minimum atomic E-state index is -4.16. The Balaban J connectivity index is 2.09. The van der Waals surface area contributed by atoms with Gasteiger partial charge in [-0.2, -0.15) is 18.4 Å². The topological polar surface area (TPSA) is 52.8 Å². The van der Waals surface area contributed by atoms with Gasteiger partial charge in [0.25, 0.3) is 0 Å². The summed E-state index contributed by atoms with van der Waals surface area (Å²) in [6.07, 6.45) is -3.35. The SMILES string of the molecule is N#CC1CCN(c2nc(CCCC(F)(F)F)c(I)nc2Cl)CC1. The quantitative estimate of drug-likeness (QED) is 0.629. The summed E-state index contributed by atoms with van der Waals surface area (Å²) < 4.78 is 37.3. The van der Waals surface area contributed by atoms with Gasteiger partial charge >= 0.3 is 6.18 Å². The Morgan fingerprint density at radius 2 is 1.96 bits per heavy atom. The van der Waals surface area contributed by atoms with Crippen molar-refractivity contribution in [3.63, 3.8) is 0 Å². The first-order valence-electron chi connectivity index (χ1n) is 7.23. The van der Waals surface area contributed by atoms with Crippen molar-refractivity contribution in [1.82, 2.24) is 9.97 Å². The van der Waals surface area contributed by atoms with E-state index in [1.807, 2.05) is 27.5 Å². The zero-order valence-electron chi connectivity index (χ0n) is 12.2. The fourth-order valence-corrected chi connectivity index (χ4v) is 3.48. The van der Waals surface area contributed by atoms with E-state index in [2.05, 4.69) is 16.0 Å². The first-order valence-corrected chi connectivity index (χ1v) is 8.69. The molecule has 0 aromatic carbocycles. The third-order valence-electron chi connectivity index (χ3n) is 3.71. The van der Waals surface area contributed by atoms with Crippen molar-refractivity contribution in [2.24, 2.45) is 5.92 Å². The van der Waals surface area contributed by atoms with E-state index in [0.29, 0.717) is 28.3 Å². The average Bonchev–Trinajstić information content (AvgIpc) is 2.48. The maximum Gasteiger partial charge on any atom is 0.389 e. The summed E-state index contributed by atoms with van der Waals surface area (Å²) in [6.45, 7) is 1.30. The summed E-state index contributed by atoms with van der Waals surface area (Å²) in [5.41, 5.74) is 0.539. The van der Waals surface area contributed by atoms with Crippen molar-refractivity contribution < 1.29 is 13.2 Å². The number of hydrogen-bond acceptors (Lipinski definition) is 4. The third-order valence-corrected chi connectivity index (χ3v) is 4.83. The standard InChI is InChI=1S/C14H15ClF3IN4/c15-11-13(23-6-3-9(8-20)4-7-23)21-10(12(19)22-11)2-1-5-14(16,17)18/h9H,1-7H2. The van der Waals surface area contributed by atoms with Gasteiger partial charge in [0.2, 0.25) is 0 Å². The minimum absolute atomic E-state index is 0.0221. The maximum atomic E-state index is 12.3. The van der Waals surface area contributed by atoms with E-state index in [4.69, 9.17) is 16.9 Å². The lowest BCUT2D eigenvalue weighted by Crippen LogP contribution is -2.34. The van der Waals surface area contributed by atoms with Crippen LogP contribution in [0.3, 0.4) is 0 Å². The number of piperidine rings is 1. The van der Waals surface area contributed by atoms with Crippen LogP contribution in [0.2, 0.25) is 5.15 Å². The first-order chi connectivity index (χ1) is 10.8. The highest BCUT2D eigenvalue weighted by Gasteiger charge is 2.27. The molecule has 1 aromatic heterocycles. The van der Waals surface area contributed by atoms with Crippen molar-refractivity contribution in [2.45, 2.75) is 38.3 Å². The van der Waals surface area contributed by atoms with Crippen LogP contribution in [0, 0.1) is 20.9 Å². The lowest BCUT2D eigenvalue weighted by molar-refractivity contribution is -0.135. The Bertz CT molecular complexity index is 595.